The van der Waals surface area contributed by atoms with Crippen LogP contribution in [0.25, 0.3) is 0 Å². The van der Waals surface area contributed by atoms with Crippen molar-refractivity contribution in [1.82, 2.24) is 9.62 Å². The molecule has 1 rings (SSSR count). The maximum absolute atomic E-state index is 12.9. The number of hydrogen-bond donors (Lipinski definition) is 1. The molecule has 0 amide bonds. The normalized spacial score (nSPS) is 12.3. The molecule has 0 bridgehead atoms. The van der Waals surface area contributed by atoms with Gasteiger partial charge in [0, 0.05) is 19.4 Å². The Morgan fingerprint density at radius 3 is 1.33 bits per heavy atom. The first-order valence-corrected chi connectivity index (χ1v) is 28.5. The number of hydrogen-bond acceptors (Lipinski definition) is 7. The van der Waals surface area contributed by atoms with Crippen molar-refractivity contribution in [3.63, 3.8) is 0 Å². The second-order valence-electron chi connectivity index (χ2n) is 18.7. The summed E-state index contributed by atoms with van der Waals surface area (Å²) in [6, 6.07) is 9.34. The van der Waals surface area contributed by atoms with Gasteiger partial charge in [-0.25, -0.2) is 13.1 Å². The van der Waals surface area contributed by atoms with E-state index < -0.39 is 10.0 Å². The van der Waals surface area contributed by atoms with Crippen molar-refractivity contribution in [1.29, 1.82) is 0 Å². The van der Waals surface area contributed by atoms with Gasteiger partial charge < -0.3 is 14.4 Å². The van der Waals surface area contributed by atoms with E-state index in [9.17, 15) is 18.0 Å². The van der Waals surface area contributed by atoms with Gasteiger partial charge in [-0.3, -0.25) is 9.59 Å². The highest BCUT2D eigenvalue weighted by atomic mass is 32.2. The SMILES string of the molecule is CCCCCCCCC(CC)OC(=O)CCCCCCCN(CCCCCCCC(=O)OC(CCCCCCCC)CCCCCCCC)CCCNS(=O)(=O)Cc1ccccc1. The number of rotatable bonds is 47. The van der Waals surface area contributed by atoms with E-state index in [1.54, 1.807) is 0 Å². The second-order valence-corrected chi connectivity index (χ2v) is 20.5. The minimum atomic E-state index is -3.38. The Morgan fingerprint density at radius 2 is 0.873 bits per heavy atom. The topological polar surface area (TPSA) is 102 Å². The molecule has 0 saturated heterocycles. The van der Waals surface area contributed by atoms with E-state index in [4.69, 9.17) is 9.47 Å². The third-order valence-corrected chi connectivity index (χ3v) is 13.9. The van der Waals surface area contributed by atoms with Gasteiger partial charge in [-0.05, 0) is 102 Å². The van der Waals surface area contributed by atoms with Crippen LogP contribution in [0, 0.1) is 0 Å². The highest BCUT2D eigenvalue weighted by Gasteiger charge is 2.16. The van der Waals surface area contributed by atoms with Crippen molar-refractivity contribution in [2.24, 2.45) is 0 Å². The number of nitrogens with zero attached hydrogens (tertiary/aromatic N) is 1. The quantitative estimate of drug-likeness (QED) is 0.0513. The molecule has 0 radical (unpaired) electrons. The Balaban J connectivity index is 2.45. The van der Waals surface area contributed by atoms with Gasteiger partial charge in [0.1, 0.15) is 12.2 Å². The summed E-state index contributed by atoms with van der Waals surface area (Å²) >= 11 is 0. The van der Waals surface area contributed by atoms with Gasteiger partial charge in [-0.2, -0.15) is 0 Å². The molecule has 8 nitrogen and oxygen atoms in total. The van der Waals surface area contributed by atoms with E-state index in [0.717, 1.165) is 141 Å². The number of esters is 2. The molecule has 9 heteroatoms. The molecular formula is C54H100N2O6S. The second kappa shape index (κ2) is 42.7. The van der Waals surface area contributed by atoms with Crippen molar-refractivity contribution in [3.05, 3.63) is 35.9 Å². The number of sulfonamides is 1. The van der Waals surface area contributed by atoms with Gasteiger partial charge >= 0.3 is 11.9 Å². The lowest BCUT2D eigenvalue weighted by Crippen LogP contribution is -2.32. The van der Waals surface area contributed by atoms with Crippen LogP contribution >= 0.6 is 0 Å². The first-order chi connectivity index (χ1) is 30.7. The smallest absolute Gasteiger partial charge is 0.306 e. The average molecular weight is 905 g/mol. The molecule has 0 aliphatic heterocycles. The molecule has 1 aromatic carbocycles. The van der Waals surface area contributed by atoms with E-state index >= 15 is 0 Å². The van der Waals surface area contributed by atoms with E-state index in [0.29, 0.717) is 19.4 Å². The van der Waals surface area contributed by atoms with Crippen LogP contribution in [0.15, 0.2) is 30.3 Å². The number of benzene rings is 1. The van der Waals surface area contributed by atoms with Crippen molar-refractivity contribution in [3.8, 4) is 0 Å². The molecule has 1 N–H and O–H groups in total. The summed E-state index contributed by atoms with van der Waals surface area (Å²) in [5.41, 5.74) is 0.797. The number of ether oxygens (including phenoxy) is 2. The Bertz CT molecular complexity index is 1260. The predicted octanol–water partition coefficient (Wildman–Crippen LogP) is 15.0. The van der Waals surface area contributed by atoms with E-state index in [-0.39, 0.29) is 29.9 Å². The van der Waals surface area contributed by atoms with Crippen LogP contribution in [0.3, 0.4) is 0 Å². The number of carbonyl (C=O) groups is 2. The summed E-state index contributed by atoms with van der Waals surface area (Å²) in [5, 5.41) is 0. The fraction of sp³-hybridized carbons (Fsp3) is 0.852. The van der Waals surface area contributed by atoms with Gasteiger partial charge in [-0.15, -0.1) is 0 Å². The van der Waals surface area contributed by atoms with Crippen LogP contribution in [-0.2, 0) is 34.8 Å². The lowest BCUT2D eigenvalue weighted by molar-refractivity contribution is -0.150. The highest BCUT2D eigenvalue weighted by Crippen LogP contribution is 2.19. The largest absolute Gasteiger partial charge is 0.462 e. The lowest BCUT2D eigenvalue weighted by atomic mass is 10.0. The van der Waals surface area contributed by atoms with Crippen LogP contribution in [-0.4, -0.2) is 63.6 Å². The fourth-order valence-corrected chi connectivity index (χ4v) is 9.72. The van der Waals surface area contributed by atoms with E-state index in [1.165, 1.54) is 96.3 Å². The van der Waals surface area contributed by atoms with Crippen molar-refractivity contribution in [2.75, 3.05) is 26.2 Å². The molecule has 0 aliphatic rings. The molecule has 1 unspecified atom stereocenters. The summed E-state index contributed by atoms with van der Waals surface area (Å²) in [6.07, 6.45) is 39.1. The van der Waals surface area contributed by atoms with Crippen LogP contribution in [0.1, 0.15) is 258 Å². The zero-order valence-electron chi connectivity index (χ0n) is 41.6. The minimum Gasteiger partial charge on any atom is -0.462 e. The summed E-state index contributed by atoms with van der Waals surface area (Å²) in [4.78, 5) is 27.9. The monoisotopic (exact) mass is 905 g/mol. The molecule has 0 spiro atoms. The zero-order valence-corrected chi connectivity index (χ0v) is 42.4. The Morgan fingerprint density at radius 1 is 0.492 bits per heavy atom. The molecule has 1 atom stereocenters. The standard InChI is InChI=1S/C54H100N2O6S/c1-5-9-12-15-20-30-40-51(8-4)61-53(57)43-33-23-18-25-35-46-56(48-37-45-55-63(59,60)49-50-38-28-27-29-39-50)47-36-26-19-24-34-44-54(58)62-52(41-31-21-16-13-10-6-2)42-32-22-17-14-11-7-3/h27-29,38-39,51-52,55H,5-26,30-37,40-49H2,1-4H3. The van der Waals surface area contributed by atoms with Crippen LogP contribution in [0.5, 0.6) is 0 Å². The average Bonchev–Trinajstić information content (AvgIpc) is 3.27. The van der Waals surface area contributed by atoms with E-state index in [2.05, 4.69) is 37.3 Å². The number of nitrogens with one attached hydrogen (secondary N) is 1. The van der Waals surface area contributed by atoms with Crippen LogP contribution in [0.2, 0.25) is 0 Å². The molecule has 63 heavy (non-hydrogen) atoms. The third-order valence-electron chi connectivity index (χ3n) is 12.6. The maximum Gasteiger partial charge on any atom is 0.306 e. The minimum absolute atomic E-state index is 0.00431. The molecular weight excluding hydrogens is 805 g/mol. The zero-order chi connectivity index (χ0) is 45.9. The van der Waals surface area contributed by atoms with Crippen molar-refractivity contribution >= 4 is 22.0 Å². The number of unbranched alkanes of at least 4 members (excludes halogenated alkanes) is 23. The van der Waals surface area contributed by atoms with Gasteiger partial charge in [0.25, 0.3) is 0 Å². The summed E-state index contributed by atoms with van der Waals surface area (Å²) < 4.78 is 40.1. The summed E-state index contributed by atoms with van der Waals surface area (Å²) in [5.74, 6) is -0.0411. The Hall–Kier alpha value is -1.97. The molecule has 0 heterocycles. The van der Waals surface area contributed by atoms with Gasteiger partial charge in [-0.1, -0.05) is 193 Å². The third kappa shape index (κ3) is 37.9. The highest BCUT2D eigenvalue weighted by molar-refractivity contribution is 7.88. The van der Waals surface area contributed by atoms with Crippen LogP contribution in [0.4, 0.5) is 0 Å². The van der Waals surface area contributed by atoms with E-state index in [1.807, 2.05) is 30.3 Å². The van der Waals surface area contributed by atoms with Gasteiger partial charge in [0.05, 0.1) is 5.75 Å². The summed E-state index contributed by atoms with van der Waals surface area (Å²) in [7, 11) is -3.38. The molecule has 1 aromatic rings. The Labute approximate surface area is 390 Å². The maximum atomic E-state index is 12.9. The predicted molar refractivity (Wildman–Crippen MR) is 268 cm³/mol. The Kier molecular flexibility index (Phi) is 40.0. The van der Waals surface area contributed by atoms with Gasteiger partial charge in [0.15, 0.2) is 0 Å². The first kappa shape index (κ1) is 59.0. The van der Waals surface area contributed by atoms with Crippen molar-refractivity contribution < 1.29 is 27.5 Å². The van der Waals surface area contributed by atoms with Crippen molar-refractivity contribution in [2.45, 2.75) is 270 Å². The molecule has 0 fully saturated rings. The van der Waals surface area contributed by atoms with Crippen LogP contribution < -0.4 is 4.72 Å². The number of carbonyl (C=O) groups excluding carboxylic acids is 2. The summed E-state index contributed by atoms with van der Waals surface area (Å²) in [6.45, 7) is 12.2. The molecule has 368 valence electrons. The fourth-order valence-electron chi connectivity index (χ4n) is 8.54. The lowest BCUT2D eigenvalue weighted by Gasteiger charge is -2.22. The molecule has 0 aromatic heterocycles. The first-order valence-electron chi connectivity index (χ1n) is 26.8. The molecule has 0 aliphatic carbocycles. The molecule has 0 saturated carbocycles. The van der Waals surface area contributed by atoms with Gasteiger partial charge in [0.2, 0.25) is 10.0 Å².